The lowest BCUT2D eigenvalue weighted by Crippen LogP contribution is -2.28. The Hall–Kier alpha value is -0.500. The molecule has 1 spiro atoms. The Morgan fingerprint density at radius 1 is 1.19 bits per heavy atom. The molecular weight excluding hydrogens is 196 g/mol. The molecule has 2 nitrogen and oxygen atoms in total. The van der Waals surface area contributed by atoms with Crippen molar-refractivity contribution in [3.8, 4) is 0 Å². The lowest BCUT2D eigenvalue weighted by Gasteiger charge is -2.28. The van der Waals surface area contributed by atoms with Gasteiger partial charge >= 0.3 is 0 Å². The largest absolute Gasteiger partial charge is 0.375 e. The maximum Gasteiger partial charge on any atom is 0.0180 e. The van der Waals surface area contributed by atoms with Crippen molar-refractivity contribution in [1.82, 2.24) is 9.80 Å². The summed E-state index contributed by atoms with van der Waals surface area (Å²) in [6, 6.07) is 0. The molecule has 1 unspecified atom stereocenters. The average molecular weight is 222 g/mol. The summed E-state index contributed by atoms with van der Waals surface area (Å²) in [6.07, 6.45) is 6.66. The Balaban J connectivity index is 1.95. The van der Waals surface area contributed by atoms with Crippen molar-refractivity contribution >= 4 is 0 Å². The van der Waals surface area contributed by atoms with Gasteiger partial charge in [0, 0.05) is 25.3 Å². The molecule has 0 radical (unpaired) electrons. The summed E-state index contributed by atoms with van der Waals surface area (Å²) in [7, 11) is 2.27. The molecule has 2 saturated heterocycles. The van der Waals surface area contributed by atoms with Crippen molar-refractivity contribution < 1.29 is 0 Å². The van der Waals surface area contributed by atoms with E-state index in [0.717, 1.165) is 6.42 Å². The highest BCUT2D eigenvalue weighted by Gasteiger charge is 2.37. The van der Waals surface area contributed by atoms with E-state index in [0.29, 0.717) is 5.41 Å². The number of allylic oxidation sites excluding steroid dienone is 1. The highest BCUT2D eigenvalue weighted by molar-refractivity contribution is 4.98. The van der Waals surface area contributed by atoms with Gasteiger partial charge in [0.2, 0.25) is 0 Å². The zero-order valence-electron chi connectivity index (χ0n) is 11.0. The van der Waals surface area contributed by atoms with Gasteiger partial charge in [-0.3, -0.25) is 0 Å². The molecule has 1 atom stereocenters. The van der Waals surface area contributed by atoms with E-state index in [9.17, 15) is 0 Å². The molecule has 0 aromatic heterocycles. The average Bonchev–Trinajstić information content (AvgIpc) is 2.52. The quantitative estimate of drug-likeness (QED) is 0.709. The zero-order chi connectivity index (χ0) is 11.6. The first kappa shape index (κ1) is 12.0. The maximum absolute atomic E-state index is 4.18. The smallest absolute Gasteiger partial charge is 0.0180 e. The summed E-state index contributed by atoms with van der Waals surface area (Å²) in [4.78, 5) is 5.03. The summed E-state index contributed by atoms with van der Waals surface area (Å²) in [5.74, 6) is 0. The molecule has 0 bridgehead atoms. The van der Waals surface area contributed by atoms with Crippen LogP contribution in [0.4, 0.5) is 0 Å². The number of hydrogen-bond acceptors (Lipinski definition) is 2. The third kappa shape index (κ3) is 2.42. The second-order valence-electron chi connectivity index (χ2n) is 5.75. The van der Waals surface area contributed by atoms with E-state index in [1.165, 1.54) is 57.6 Å². The van der Waals surface area contributed by atoms with Crippen LogP contribution in [0.15, 0.2) is 12.3 Å². The molecule has 0 N–H and O–H groups in total. The highest BCUT2D eigenvalue weighted by Crippen LogP contribution is 2.40. The molecule has 0 aromatic carbocycles. The molecule has 2 fully saturated rings. The molecule has 2 heterocycles. The van der Waals surface area contributed by atoms with E-state index in [1.807, 2.05) is 0 Å². The SMILES string of the molecule is C=C(CC)N1CCCC2(CCN(C)C2)CC1. The fraction of sp³-hybridized carbons (Fsp3) is 0.857. The van der Waals surface area contributed by atoms with Crippen LogP contribution in [0.25, 0.3) is 0 Å². The lowest BCUT2D eigenvalue weighted by atomic mass is 9.80. The van der Waals surface area contributed by atoms with Crippen molar-refractivity contribution in [2.45, 2.75) is 39.0 Å². The van der Waals surface area contributed by atoms with Crippen LogP contribution in [0.3, 0.4) is 0 Å². The van der Waals surface area contributed by atoms with Crippen LogP contribution in [0.5, 0.6) is 0 Å². The van der Waals surface area contributed by atoms with E-state index in [1.54, 1.807) is 0 Å². The lowest BCUT2D eigenvalue weighted by molar-refractivity contribution is 0.241. The molecule has 0 amide bonds. The van der Waals surface area contributed by atoms with E-state index in [4.69, 9.17) is 0 Å². The second kappa shape index (κ2) is 4.79. The van der Waals surface area contributed by atoms with Gasteiger partial charge in [0.25, 0.3) is 0 Å². The predicted octanol–water partition coefficient (Wildman–Crippen LogP) is 2.72. The highest BCUT2D eigenvalue weighted by atomic mass is 15.2. The first-order chi connectivity index (χ1) is 7.65. The normalized spacial score (nSPS) is 32.0. The monoisotopic (exact) mass is 222 g/mol. The van der Waals surface area contributed by atoms with Crippen molar-refractivity contribution in [3.05, 3.63) is 12.3 Å². The van der Waals surface area contributed by atoms with Gasteiger partial charge in [-0.2, -0.15) is 0 Å². The van der Waals surface area contributed by atoms with Crippen LogP contribution < -0.4 is 0 Å². The van der Waals surface area contributed by atoms with Gasteiger partial charge in [-0.25, -0.2) is 0 Å². The predicted molar refractivity (Wildman–Crippen MR) is 69.4 cm³/mol. The van der Waals surface area contributed by atoms with Crippen molar-refractivity contribution in [2.24, 2.45) is 5.41 Å². The van der Waals surface area contributed by atoms with Gasteiger partial charge in [0.15, 0.2) is 0 Å². The van der Waals surface area contributed by atoms with Gasteiger partial charge in [-0.15, -0.1) is 0 Å². The minimum atomic E-state index is 0.636. The molecule has 92 valence electrons. The Labute approximate surface area is 100 Å². The molecular formula is C14H26N2. The van der Waals surface area contributed by atoms with Crippen LogP contribution in [-0.2, 0) is 0 Å². The van der Waals surface area contributed by atoms with Gasteiger partial charge in [-0.1, -0.05) is 13.5 Å². The van der Waals surface area contributed by atoms with Crippen LogP contribution in [0, 0.1) is 5.41 Å². The van der Waals surface area contributed by atoms with E-state index in [-0.39, 0.29) is 0 Å². The minimum absolute atomic E-state index is 0.636. The molecule has 2 aliphatic heterocycles. The van der Waals surface area contributed by atoms with Crippen LogP contribution in [0.1, 0.15) is 39.0 Å². The molecule has 16 heavy (non-hydrogen) atoms. The Morgan fingerprint density at radius 2 is 1.94 bits per heavy atom. The summed E-state index contributed by atoms with van der Waals surface area (Å²) in [5.41, 5.74) is 1.97. The standard InChI is InChI=1S/C14H26N2/c1-4-13(2)16-9-5-6-14(8-11-16)7-10-15(3)12-14/h2,4-12H2,1,3H3. The van der Waals surface area contributed by atoms with Gasteiger partial charge in [-0.05, 0) is 51.1 Å². The topological polar surface area (TPSA) is 6.48 Å². The van der Waals surface area contributed by atoms with Crippen LogP contribution in [0.2, 0.25) is 0 Å². The van der Waals surface area contributed by atoms with Gasteiger partial charge in [0.1, 0.15) is 0 Å². The maximum atomic E-state index is 4.18. The van der Waals surface area contributed by atoms with Gasteiger partial charge in [0.05, 0.1) is 0 Å². The first-order valence-corrected chi connectivity index (χ1v) is 6.76. The number of nitrogens with zero attached hydrogens (tertiary/aromatic N) is 2. The molecule has 2 rings (SSSR count). The molecule has 0 aromatic rings. The van der Waals surface area contributed by atoms with E-state index in [2.05, 4.69) is 30.4 Å². The molecule has 2 heteroatoms. The number of likely N-dealkylation sites (tertiary alicyclic amines) is 2. The third-order valence-electron chi connectivity index (χ3n) is 4.53. The number of hydrogen-bond donors (Lipinski definition) is 0. The summed E-state index contributed by atoms with van der Waals surface area (Å²) >= 11 is 0. The van der Waals surface area contributed by atoms with Crippen molar-refractivity contribution in [2.75, 3.05) is 33.2 Å². The summed E-state index contributed by atoms with van der Waals surface area (Å²) in [5, 5.41) is 0. The third-order valence-corrected chi connectivity index (χ3v) is 4.53. The van der Waals surface area contributed by atoms with E-state index >= 15 is 0 Å². The van der Waals surface area contributed by atoms with Crippen molar-refractivity contribution in [1.29, 1.82) is 0 Å². The van der Waals surface area contributed by atoms with Crippen LogP contribution in [-0.4, -0.2) is 43.0 Å². The molecule has 2 aliphatic rings. The number of rotatable bonds is 2. The van der Waals surface area contributed by atoms with Crippen molar-refractivity contribution in [3.63, 3.8) is 0 Å². The first-order valence-electron chi connectivity index (χ1n) is 6.76. The minimum Gasteiger partial charge on any atom is -0.375 e. The van der Waals surface area contributed by atoms with E-state index < -0.39 is 0 Å². The fourth-order valence-corrected chi connectivity index (χ4v) is 3.36. The second-order valence-corrected chi connectivity index (χ2v) is 5.75. The summed E-state index contributed by atoms with van der Waals surface area (Å²) < 4.78 is 0. The van der Waals surface area contributed by atoms with Gasteiger partial charge < -0.3 is 9.80 Å². The van der Waals surface area contributed by atoms with Crippen LogP contribution >= 0.6 is 0 Å². The molecule has 0 aliphatic carbocycles. The fourth-order valence-electron chi connectivity index (χ4n) is 3.36. The Morgan fingerprint density at radius 3 is 2.56 bits per heavy atom. The Bertz CT molecular complexity index is 261. The zero-order valence-corrected chi connectivity index (χ0v) is 11.0. The summed E-state index contributed by atoms with van der Waals surface area (Å²) in [6.45, 7) is 11.5. The Kier molecular flexibility index (Phi) is 3.58. The molecule has 0 saturated carbocycles.